The summed E-state index contributed by atoms with van der Waals surface area (Å²) in [5, 5.41) is 9.52. The van der Waals surface area contributed by atoms with E-state index in [0.717, 1.165) is 12.8 Å². The van der Waals surface area contributed by atoms with Gasteiger partial charge in [0, 0.05) is 19.3 Å². The molecule has 0 spiro atoms. The third-order valence-corrected chi connectivity index (χ3v) is 2.84. The molecule has 1 aliphatic rings. The van der Waals surface area contributed by atoms with Crippen LogP contribution in [-0.2, 0) is 0 Å². The quantitative estimate of drug-likeness (QED) is 0.495. The second kappa shape index (κ2) is 5.11. The van der Waals surface area contributed by atoms with Crippen LogP contribution in [0, 0.1) is 0 Å². The SMILES string of the molecule is NNc1ccc(C(=O)N2CCCC(O)C2)cn1. The Morgan fingerprint density at radius 1 is 1.59 bits per heavy atom. The average molecular weight is 236 g/mol. The van der Waals surface area contributed by atoms with Gasteiger partial charge in [0.15, 0.2) is 0 Å². The second-order valence-corrected chi connectivity index (χ2v) is 4.12. The summed E-state index contributed by atoms with van der Waals surface area (Å²) in [6.45, 7) is 1.09. The van der Waals surface area contributed by atoms with Gasteiger partial charge in [-0.2, -0.15) is 0 Å². The van der Waals surface area contributed by atoms with Gasteiger partial charge in [0.1, 0.15) is 5.82 Å². The molecule has 1 aromatic rings. The minimum Gasteiger partial charge on any atom is -0.391 e. The molecule has 0 aliphatic carbocycles. The number of nitrogen functional groups attached to an aromatic ring is 1. The number of amides is 1. The van der Waals surface area contributed by atoms with Crippen LogP contribution >= 0.6 is 0 Å². The van der Waals surface area contributed by atoms with Crippen LogP contribution in [0.15, 0.2) is 18.3 Å². The van der Waals surface area contributed by atoms with Gasteiger partial charge in [-0.1, -0.05) is 0 Å². The Kier molecular flexibility index (Phi) is 3.55. The summed E-state index contributed by atoms with van der Waals surface area (Å²) in [6, 6.07) is 3.32. The van der Waals surface area contributed by atoms with Crippen molar-refractivity contribution >= 4 is 11.7 Å². The Morgan fingerprint density at radius 2 is 2.41 bits per heavy atom. The van der Waals surface area contributed by atoms with E-state index in [1.807, 2.05) is 0 Å². The van der Waals surface area contributed by atoms with Crippen molar-refractivity contribution in [3.63, 3.8) is 0 Å². The number of pyridine rings is 1. The summed E-state index contributed by atoms with van der Waals surface area (Å²) >= 11 is 0. The van der Waals surface area contributed by atoms with Crippen LogP contribution in [-0.4, -0.2) is 40.1 Å². The Labute approximate surface area is 99.4 Å². The van der Waals surface area contributed by atoms with Crippen molar-refractivity contribution in [1.29, 1.82) is 0 Å². The molecule has 2 heterocycles. The normalized spacial score (nSPS) is 20.1. The minimum atomic E-state index is -0.411. The topological polar surface area (TPSA) is 91.5 Å². The molecule has 0 radical (unpaired) electrons. The number of aromatic nitrogens is 1. The van der Waals surface area contributed by atoms with Crippen LogP contribution in [0.4, 0.5) is 5.82 Å². The monoisotopic (exact) mass is 236 g/mol. The maximum Gasteiger partial charge on any atom is 0.255 e. The van der Waals surface area contributed by atoms with Gasteiger partial charge in [0.05, 0.1) is 11.7 Å². The first-order valence-electron chi connectivity index (χ1n) is 5.60. The second-order valence-electron chi connectivity index (χ2n) is 4.12. The highest BCUT2D eigenvalue weighted by Crippen LogP contribution is 2.14. The molecule has 0 saturated carbocycles. The van der Waals surface area contributed by atoms with E-state index in [2.05, 4.69) is 10.4 Å². The van der Waals surface area contributed by atoms with E-state index in [4.69, 9.17) is 5.84 Å². The van der Waals surface area contributed by atoms with Crippen molar-refractivity contribution in [2.45, 2.75) is 18.9 Å². The van der Waals surface area contributed by atoms with Gasteiger partial charge in [0.25, 0.3) is 5.91 Å². The first kappa shape index (κ1) is 11.8. The number of anilines is 1. The summed E-state index contributed by atoms with van der Waals surface area (Å²) in [5.41, 5.74) is 2.92. The zero-order valence-electron chi connectivity index (χ0n) is 9.47. The summed E-state index contributed by atoms with van der Waals surface area (Å²) in [5.74, 6) is 5.61. The first-order valence-corrected chi connectivity index (χ1v) is 5.60. The average Bonchev–Trinajstić information content (AvgIpc) is 2.38. The number of rotatable bonds is 2. The van der Waals surface area contributed by atoms with E-state index in [1.54, 1.807) is 17.0 Å². The molecule has 1 aliphatic heterocycles. The van der Waals surface area contributed by atoms with E-state index < -0.39 is 6.10 Å². The molecule has 1 aromatic heterocycles. The van der Waals surface area contributed by atoms with E-state index in [0.29, 0.717) is 24.5 Å². The molecule has 1 unspecified atom stereocenters. The predicted molar refractivity (Wildman–Crippen MR) is 63.2 cm³/mol. The maximum absolute atomic E-state index is 12.1. The molecule has 6 heteroatoms. The largest absolute Gasteiger partial charge is 0.391 e. The standard InChI is InChI=1S/C11H16N4O2/c12-14-10-4-3-8(6-13-10)11(17)15-5-1-2-9(16)7-15/h3-4,6,9,16H,1-2,5,7,12H2,(H,13,14). The lowest BCUT2D eigenvalue weighted by Gasteiger charge is -2.30. The number of nitrogens with one attached hydrogen (secondary N) is 1. The fourth-order valence-electron chi connectivity index (χ4n) is 1.93. The van der Waals surface area contributed by atoms with Crippen molar-refractivity contribution in [3.05, 3.63) is 23.9 Å². The number of nitrogens with zero attached hydrogens (tertiary/aromatic N) is 2. The lowest BCUT2D eigenvalue weighted by molar-refractivity contribution is 0.0473. The Balaban J connectivity index is 2.07. The van der Waals surface area contributed by atoms with Crippen molar-refractivity contribution in [2.75, 3.05) is 18.5 Å². The van der Waals surface area contributed by atoms with Crippen LogP contribution in [0.1, 0.15) is 23.2 Å². The summed E-state index contributed by atoms with van der Waals surface area (Å²) < 4.78 is 0. The van der Waals surface area contributed by atoms with Gasteiger partial charge in [-0.05, 0) is 25.0 Å². The highest BCUT2D eigenvalue weighted by molar-refractivity contribution is 5.94. The summed E-state index contributed by atoms with van der Waals surface area (Å²) in [7, 11) is 0. The molecular formula is C11H16N4O2. The van der Waals surface area contributed by atoms with E-state index in [9.17, 15) is 9.90 Å². The molecule has 1 atom stereocenters. The molecule has 1 saturated heterocycles. The molecule has 2 rings (SSSR count). The highest BCUT2D eigenvalue weighted by atomic mass is 16.3. The molecule has 1 fully saturated rings. The Bertz CT molecular complexity index is 393. The molecule has 4 N–H and O–H groups in total. The molecule has 6 nitrogen and oxygen atoms in total. The molecule has 0 bridgehead atoms. The van der Waals surface area contributed by atoms with Crippen molar-refractivity contribution in [3.8, 4) is 0 Å². The number of carbonyl (C=O) groups is 1. The number of nitrogens with two attached hydrogens (primary N) is 1. The van der Waals surface area contributed by atoms with Crippen molar-refractivity contribution < 1.29 is 9.90 Å². The molecular weight excluding hydrogens is 220 g/mol. The van der Waals surface area contributed by atoms with Gasteiger partial charge in [0.2, 0.25) is 0 Å². The molecule has 1 amide bonds. The number of carbonyl (C=O) groups excluding carboxylic acids is 1. The third kappa shape index (κ3) is 2.72. The van der Waals surface area contributed by atoms with Crippen LogP contribution < -0.4 is 11.3 Å². The van der Waals surface area contributed by atoms with E-state index in [-0.39, 0.29) is 5.91 Å². The van der Waals surface area contributed by atoms with Crippen LogP contribution in [0.25, 0.3) is 0 Å². The number of aliphatic hydroxyl groups is 1. The smallest absolute Gasteiger partial charge is 0.255 e. The van der Waals surface area contributed by atoms with Crippen LogP contribution in [0.3, 0.4) is 0 Å². The lowest BCUT2D eigenvalue weighted by Crippen LogP contribution is -2.42. The first-order chi connectivity index (χ1) is 8.20. The summed E-state index contributed by atoms with van der Waals surface area (Å²) in [6.07, 6.45) is 2.67. The van der Waals surface area contributed by atoms with Crippen molar-refractivity contribution in [2.24, 2.45) is 5.84 Å². The number of hydrazine groups is 1. The Morgan fingerprint density at radius 3 is 3.00 bits per heavy atom. The zero-order chi connectivity index (χ0) is 12.3. The van der Waals surface area contributed by atoms with Crippen LogP contribution in [0.5, 0.6) is 0 Å². The maximum atomic E-state index is 12.1. The van der Waals surface area contributed by atoms with E-state index in [1.165, 1.54) is 6.20 Å². The Hall–Kier alpha value is -1.66. The van der Waals surface area contributed by atoms with Gasteiger partial charge < -0.3 is 15.4 Å². The van der Waals surface area contributed by atoms with Gasteiger partial charge in [-0.25, -0.2) is 10.8 Å². The van der Waals surface area contributed by atoms with Crippen molar-refractivity contribution in [1.82, 2.24) is 9.88 Å². The number of β-amino-alcohol motifs (C(OH)–C–C–N with tert-alkyl or cyclic N) is 1. The minimum absolute atomic E-state index is 0.0974. The van der Waals surface area contributed by atoms with Gasteiger partial charge in [-0.3, -0.25) is 4.79 Å². The van der Waals surface area contributed by atoms with Crippen LogP contribution in [0.2, 0.25) is 0 Å². The molecule has 92 valence electrons. The fraction of sp³-hybridized carbons (Fsp3) is 0.455. The zero-order valence-corrected chi connectivity index (χ0v) is 9.47. The van der Waals surface area contributed by atoms with E-state index >= 15 is 0 Å². The number of hydrogen-bond acceptors (Lipinski definition) is 5. The number of piperidine rings is 1. The summed E-state index contributed by atoms with van der Waals surface area (Å²) in [4.78, 5) is 17.7. The highest BCUT2D eigenvalue weighted by Gasteiger charge is 2.23. The number of likely N-dealkylation sites (tertiary alicyclic amines) is 1. The number of hydrogen-bond donors (Lipinski definition) is 3. The fourth-order valence-corrected chi connectivity index (χ4v) is 1.93. The molecule has 17 heavy (non-hydrogen) atoms. The predicted octanol–water partition coefficient (Wildman–Crippen LogP) is -0.0359. The molecule has 0 aromatic carbocycles. The third-order valence-electron chi connectivity index (χ3n) is 2.84. The van der Waals surface area contributed by atoms with Gasteiger partial charge in [-0.15, -0.1) is 0 Å². The lowest BCUT2D eigenvalue weighted by atomic mass is 10.1. The van der Waals surface area contributed by atoms with Gasteiger partial charge >= 0.3 is 0 Å². The number of aliphatic hydroxyl groups excluding tert-OH is 1.